The van der Waals surface area contributed by atoms with Crippen LogP contribution in [0.5, 0.6) is 0 Å². The van der Waals surface area contributed by atoms with Crippen LogP contribution in [0.2, 0.25) is 0 Å². The van der Waals surface area contributed by atoms with Gasteiger partial charge in [0, 0.05) is 25.7 Å². The molecule has 0 aromatic heterocycles. The van der Waals surface area contributed by atoms with Crippen molar-refractivity contribution in [1.82, 2.24) is 10.2 Å². The van der Waals surface area contributed by atoms with E-state index >= 15 is 0 Å². The van der Waals surface area contributed by atoms with Gasteiger partial charge in [0.05, 0.1) is 12.5 Å². The van der Waals surface area contributed by atoms with Crippen molar-refractivity contribution >= 4 is 12.0 Å². The molecule has 0 aromatic rings. The molecule has 0 saturated heterocycles. The number of nitrogens with zero attached hydrogens (tertiary/aromatic N) is 1. The zero-order valence-corrected chi connectivity index (χ0v) is 10.6. The first-order chi connectivity index (χ1) is 8.60. The van der Waals surface area contributed by atoms with Gasteiger partial charge in [-0.1, -0.05) is 0 Å². The minimum Gasteiger partial charge on any atom is -0.481 e. The summed E-state index contributed by atoms with van der Waals surface area (Å²) in [4.78, 5) is 24.2. The summed E-state index contributed by atoms with van der Waals surface area (Å²) in [6, 6.07) is 0.287. The number of carboxylic acid groups (broad SMARTS) is 1. The van der Waals surface area contributed by atoms with Crippen LogP contribution in [0.25, 0.3) is 0 Å². The molecule has 2 amide bonds. The molecular weight excluding hydrogens is 236 g/mol. The Kier molecular flexibility index (Phi) is 4.06. The Balaban J connectivity index is 1.75. The highest BCUT2D eigenvalue weighted by molar-refractivity contribution is 5.76. The second-order valence-corrected chi connectivity index (χ2v) is 5.04. The van der Waals surface area contributed by atoms with Crippen molar-refractivity contribution in [1.29, 1.82) is 0 Å². The number of aliphatic carboxylic acids is 1. The lowest BCUT2D eigenvalue weighted by Gasteiger charge is -2.36. The molecule has 0 unspecified atom stereocenters. The quantitative estimate of drug-likeness (QED) is 0.737. The van der Waals surface area contributed by atoms with E-state index in [0.29, 0.717) is 6.54 Å². The van der Waals surface area contributed by atoms with E-state index < -0.39 is 5.97 Å². The van der Waals surface area contributed by atoms with Gasteiger partial charge in [0.15, 0.2) is 0 Å². The third kappa shape index (κ3) is 3.35. The van der Waals surface area contributed by atoms with Crippen LogP contribution in [0, 0.1) is 0 Å². The lowest BCUT2D eigenvalue weighted by molar-refractivity contribution is -0.137. The van der Waals surface area contributed by atoms with E-state index in [-0.39, 0.29) is 30.6 Å². The van der Waals surface area contributed by atoms with E-state index in [4.69, 9.17) is 9.84 Å². The van der Waals surface area contributed by atoms with E-state index in [1.807, 2.05) is 0 Å². The Bertz CT molecular complexity index is 324. The van der Waals surface area contributed by atoms with Gasteiger partial charge < -0.3 is 20.1 Å². The first kappa shape index (κ1) is 13.1. The van der Waals surface area contributed by atoms with Crippen molar-refractivity contribution in [3.05, 3.63) is 0 Å². The number of hydrogen-bond donors (Lipinski definition) is 2. The van der Waals surface area contributed by atoms with Gasteiger partial charge in [0.2, 0.25) is 0 Å². The van der Waals surface area contributed by atoms with E-state index in [1.54, 1.807) is 12.0 Å². The summed E-state index contributed by atoms with van der Waals surface area (Å²) >= 11 is 0. The van der Waals surface area contributed by atoms with Gasteiger partial charge in [-0.3, -0.25) is 4.79 Å². The van der Waals surface area contributed by atoms with Crippen molar-refractivity contribution in [2.75, 3.05) is 13.7 Å². The van der Waals surface area contributed by atoms with Crippen LogP contribution in [0.4, 0.5) is 4.79 Å². The highest BCUT2D eigenvalue weighted by Gasteiger charge is 2.36. The minimum atomic E-state index is -0.864. The number of methoxy groups -OCH3 is 1. The summed E-state index contributed by atoms with van der Waals surface area (Å²) in [5, 5.41) is 11.6. The van der Waals surface area contributed by atoms with Crippen LogP contribution in [0.1, 0.15) is 32.1 Å². The summed E-state index contributed by atoms with van der Waals surface area (Å²) in [6.07, 6.45) is 3.93. The maximum atomic E-state index is 12.0. The van der Waals surface area contributed by atoms with Crippen LogP contribution >= 0.6 is 0 Å². The minimum absolute atomic E-state index is 0.00921. The van der Waals surface area contributed by atoms with Gasteiger partial charge in [0.25, 0.3) is 0 Å². The van der Waals surface area contributed by atoms with Gasteiger partial charge in [0.1, 0.15) is 0 Å². The highest BCUT2D eigenvalue weighted by Crippen LogP contribution is 2.28. The molecule has 2 N–H and O–H groups in total. The number of nitrogens with one attached hydrogen (secondary N) is 1. The maximum Gasteiger partial charge on any atom is 0.317 e. The standard InChI is InChI=1S/C12H20N2O4/c1-18-10-6-8(7-10)13-12(17)14(9-2-3-9)5-4-11(15)16/h8-10H,2-7H2,1H3,(H,13,17)(H,15,16). The molecule has 0 heterocycles. The third-order valence-electron chi connectivity index (χ3n) is 3.57. The number of rotatable bonds is 6. The lowest BCUT2D eigenvalue weighted by Crippen LogP contribution is -2.52. The zero-order valence-electron chi connectivity index (χ0n) is 10.6. The molecule has 0 aliphatic heterocycles. The number of hydrogen-bond acceptors (Lipinski definition) is 3. The Labute approximate surface area is 106 Å². The summed E-state index contributed by atoms with van der Waals surface area (Å²) in [7, 11) is 1.67. The molecule has 0 radical (unpaired) electrons. The normalized spacial score (nSPS) is 26.3. The van der Waals surface area contributed by atoms with Gasteiger partial charge in [-0.25, -0.2) is 4.79 Å². The predicted octanol–water partition coefficient (Wildman–Crippen LogP) is 0.812. The molecule has 0 aromatic carbocycles. The Morgan fingerprint density at radius 2 is 2.06 bits per heavy atom. The molecule has 0 atom stereocenters. The van der Waals surface area contributed by atoms with Crippen molar-refractivity contribution in [2.24, 2.45) is 0 Å². The van der Waals surface area contributed by atoms with E-state index in [2.05, 4.69) is 5.32 Å². The molecule has 2 fully saturated rings. The van der Waals surface area contributed by atoms with Crippen molar-refractivity contribution in [3.8, 4) is 0 Å². The first-order valence-electron chi connectivity index (χ1n) is 6.42. The summed E-state index contributed by atoms with van der Waals surface area (Å²) in [6.45, 7) is 0.298. The molecule has 2 aliphatic rings. The van der Waals surface area contributed by atoms with Crippen LogP contribution in [-0.4, -0.2) is 53.8 Å². The highest BCUT2D eigenvalue weighted by atomic mass is 16.5. The predicted molar refractivity (Wildman–Crippen MR) is 64.3 cm³/mol. The Morgan fingerprint density at radius 1 is 1.39 bits per heavy atom. The van der Waals surface area contributed by atoms with E-state index in [9.17, 15) is 9.59 Å². The summed E-state index contributed by atoms with van der Waals surface area (Å²) in [5.41, 5.74) is 0. The molecule has 0 spiro atoms. The molecule has 18 heavy (non-hydrogen) atoms. The van der Waals surface area contributed by atoms with Gasteiger partial charge >= 0.3 is 12.0 Å². The zero-order chi connectivity index (χ0) is 13.1. The van der Waals surface area contributed by atoms with Crippen LogP contribution in [0.3, 0.4) is 0 Å². The summed E-state index contributed by atoms with van der Waals surface area (Å²) < 4.78 is 5.15. The largest absolute Gasteiger partial charge is 0.481 e. The maximum absolute atomic E-state index is 12.0. The monoisotopic (exact) mass is 256 g/mol. The average molecular weight is 256 g/mol. The fraction of sp³-hybridized carbons (Fsp3) is 0.833. The molecule has 2 saturated carbocycles. The fourth-order valence-corrected chi connectivity index (χ4v) is 2.19. The molecule has 2 aliphatic carbocycles. The van der Waals surface area contributed by atoms with Gasteiger partial charge in [-0.05, 0) is 25.7 Å². The van der Waals surface area contributed by atoms with Crippen LogP contribution in [0.15, 0.2) is 0 Å². The summed E-state index contributed by atoms with van der Waals surface area (Å²) in [5.74, 6) is -0.864. The number of carbonyl (C=O) groups excluding carboxylic acids is 1. The molecule has 0 bridgehead atoms. The molecule has 6 nitrogen and oxygen atoms in total. The SMILES string of the molecule is COC1CC(NC(=O)N(CCC(=O)O)C2CC2)C1. The number of carboxylic acids is 1. The Hall–Kier alpha value is -1.30. The topological polar surface area (TPSA) is 78.9 Å². The number of amides is 2. The van der Waals surface area contributed by atoms with Gasteiger partial charge in [-0.15, -0.1) is 0 Å². The van der Waals surface area contributed by atoms with Gasteiger partial charge in [-0.2, -0.15) is 0 Å². The van der Waals surface area contributed by atoms with E-state index in [0.717, 1.165) is 25.7 Å². The molecule has 102 valence electrons. The molecule has 6 heteroatoms. The van der Waals surface area contributed by atoms with Crippen LogP contribution < -0.4 is 5.32 Å². The number of urea groups is 1. The second kappa shape index (κ2) is 5.56. The number of ether oxygens (including phenoxy) is 1. The average Bonchev–Trinajstić information content (AvgIpc) is 3.06. The Morgan fingerprint density at radius 3 is 2.56 bits per heavy atom. The fourth-order valence-electron chi connectivity index (χ4n) is 2.19. The smallest absolute Gasteiger partial charge is 0.317 e. The first-order valence-corrected chi connectivity index (χ1v) is 6.42. The third-order valence-corrected chi connectivity index (χ3v) is 3.57. The molecule has 2 rings (SSSR count). The van der Waals surface area contributed by atoms with Crippen molar-refractivity contribution in [2.45, 2.75) is 50.3 Å². The molecular formula is C12H20N2O4. The van der Waals surface area contributed by atoms with Crippen LogP contribution in [-0.2, 0) is 9.53 Å². The van der Waals surface area contributed by atoms with E-state index in [1.165, 1.54) is 0 Å². The number of carbonyl (C=O) groups is 2. The lowest BCUT2D eigenvalue weighted by atomic mass is 9.89. The van der Waals surface area contributed by atoms with Crippen molar-refractivity contribution in [3.63, 3.8) is 0 Å². The second-order valence-electron chi connectivity index (χ2n) is 5.04. The van der Waals surface area contributed by atoms with Crippen molar-refractivity contribution < 1.29 is 19.4 Å².